The molecule has 0 heterocycles. The van der Waals surface area contributed by atoms with E-state index in [1.54, 1.807) is 48.5 Å². The Balaban J connectivity index is 0.00000364. The van der Waals surface area contributed by atoms with Gasteiger partial charge in [-0.2, -0.15) is 21.9 Å². The number of anilines is 4. The summed E-state index contributed by atoms with van der Waals surface area (Å²) >= 11 is 0. The van der Waals surface area contributed by atoms with E-state index in [2.05, 4.69) is 40.9 Å². The molecule has 25 nitrogen and oxygen atoms in total. The Bertz CT molecular complexity index is 4140. The molecule has 0 radical (unpaired) electrons. The molecule has 378 valence electrons. The summed E-state index contributed by atoms with van der Waals surface area (Å²) in [5.74, 6) is -1.71. The van der Waals surface area contributed by atoms with E-state index in [0.717, 1.165) is 30.3 Å². The van der Waals surface area contributed by atoms with Gasteiger partial charge in [0.25, 0.3) is 20.2 Å². The Morgan fingerprint density at radius 3 is 1.48 bits per heavy atom. The molecule has 31 heteroatoms. The third kappa shape index (κ3) is 13.6. The van der Waals surface area contributed by atoms with Crippen molar-refractivity contribution in [1.29, 1.82) is 0 Å². The Labute approximate surface area is 504 Å². The molecule has 0 atom stereocenters. The molecule has 0 fully saturated rings. The zero-order valence-corrected chi connectivity index (χ0v) is 49.4. The van der Waals surface area contributed by atoms with E-state index >= 15 is 0 Å². The Hall–Kier alpha value is -6.19. The summed E-state index contributed by atoms with van der Waals surface area (Å²) in [7, 11) is -12.7. The normalized spacial score (nSPS) is 12.1. The molecule has 0 spiro atoms. The molecule has 0 bridgehead atoms. The van der Waals surface area contributed by atoms with Crippen molar-refractivity contribution in [3.8, 4) is 34.1 Å². The van der Waals surface area contributed by atoms with Crippen LogP contribution in [-0.2, 0) is 30.4 Å². The summed E-state index contributed by atoms with van der Waals surface area (Å²) in [6.45, 7) is 0. The summed E-state index contributed by atoms with van der Waals surface area (Å²) in [4.78, 5) is -2.82. The molecule has 0 aliphatic carbocycles. The first-order valence-corrected chi connectivity index (χ1v) is 25.1. The van der Waals surface area contributed by atoms with Crippen LogP contribution in [0.3, 0.4) is 0 Å². The van der Waals surface area contributed by atoms with E-state index < -0.39 is 73.6 Å². The third-order valence-corrected chi connectivity index (χ3v) is 13.4. The van der Waals surface area contributed by atoms with Crippen LogP contribution in [0.4, 0.5) is 68.2 Å². The van der Waals surface area contributed by atoms with Crippen molar-refractivity contribution in [2.75, 3.05) is 37.2 Å². The van der Waals surface area contributed by atoms with Crippen molar-refractivity contribution in [2.24, 2.45) is 40.9 Å². The molecule has 0 aliphatic heterocycles. The van der Waals surface area contributed by atoms with Crippen LogP contribution >= 0.6 is 0 Å². The average molecular weight is 1130 g/mol. The molecule has 8 aromatic carbocycles. The van der Waals surface area contributed by atoms with E-state index in [-0.39, 0.29) is 144 Å². The Morgan fingerprint density at radius 2 is 0.922 bits per heavy atom. The zero-order chi connectivity index (χ0) is 53.4. The van der Waals surface area contributed by atoms with E-state index in [1.165, 1.54) is 50.6 Å². The first-order valence-electron chi connectivity index (χ1n) is 20.8. The second kappa shape index (κ2) is 24.6. The average Bonchev–Trinajstić information content (AvgIpc) is 3.34. The summed E-state index contributed by atoms with van der Waals surface area (Å²) < 4.78 is 118. The van der Waals surface area contributed by atoms with E-state index in [9.17, 15) is 49.1 Å². The number of nitrogen functional groups attached to an aromatic ring is 4. The van der Waals surface area contributed by atoms with Crippen LogP contribution in [-0.4, -0.2) is 53.1 Å². The SMILES string of the molecule is COc1cc(-c2ccc(N=Nc3c(S(=O)(=O)O)cc4ccc(N=Nc5c(S(=O)(=O)O)cc6c(N=Nc7ccc(N)cc7S(=O)(=O)[O-])c(N)ccc6c5[O-])cc4c3[O-])c(OC)c2)ccc1N=Nc1ccc(N)cc1N.[Na+].[Na+].[Na+]. The zero-order valence-electron chi connectivity index (χ0n) is 41.0. The van der Waals surface area contributed by atoms with Gasteiger partial charge in [0.2, 0.25) is 0 Å². The molecular weight excluding hydrogens is 1090 g/mol. The minimum Gasteiger partial charge on any atom is -0.871 e. The summed E-state index contributed by atoms with van der Waals surface area (Å²) in [5.41, 5.74) is 23.3. The molecular formula is C46H35N12Na3O13S3. The summed E-state index contributed by atoms with van der Waals surface area (Å²) in [6, 6.07) is 25.4. The number of azo groups is 4. The van der Waals surface area contributed by atoms with Crippen LogP contribution < -0.4 is 131 Å². The molecule has 0 aliphatic rings. The first kappa shape index (κ1) is 61.7. The number of methoxy groups -OCH3 is 2. The molecule has 0 aromatic heterocycles. The standard InChI is InChI=1S/C46H38N12O13S3.3Na/c1-70-37-15-22(4-11-34(37)53-52-33-13-6-25(47)18-32(33)50)23-5-12-35(38(16-23)71-2)54-58-43-40(73(64,65)66)17-24-3-8-27(20-29(24)46(43)60)51-57-44-41(74(67,68)69)21-30-28(45(44)59)9-10-31(49)42(30)56-55-36-14-7-26(48)19-39(36)72(61,62)63;;;/h3-21,59-60H,47-50H2,1-2H3,(H,61,62,63)(H,64,65,66)(H,67,68,69);;;/q;3*+1/p-3. The van der Waals surface area contributed by atoms with Crippen LogP contribution in [0, 0.1) is 0 Å². The largest absolute Gasteiger partial charge is 1.00 e. The number of nitrogens with two attached hydrogens (primary N) is 4. The van der Waals surface area contributed by atoms with Crippen molar-refractivity contribution in [3.05, 3.63) is 115 Å². The second-order valence-corrected chi connectivity index (χ2v) is 19.8. The van der Waals surface area contributed by atoms with E-state index in [4.69, 9.17) is 32.4 Å². The van der Waals surface area contributed by atoms with E-state index in [1.807, 2.05) is 0 Å². The van der Waals surface area contributed by atoms with Gasteiger partial charge < -0.3 is 47.2 Å². The van der Waals surface area contributed by atoms with E-state index in [0.29, 0.717) is 39.6 Å². The summed E-state index contributed by atoms with van der Waals surface area (Å²) in [6.07, 6.45) is 0. The van der Waals surface area contributed by atoms with Crippen LogP contribution in [0.25, 0.3) is 32.7 Å². The van der Waals surface area contributed by atoms with Gasteiger partial charge in [0, 0.05) is 16.8 Å². The monoisotopic (exact) mass is 1130 g/mol. The van der Waals surface area contributed by atoms with Gasteiger partial charge in [0.05, 0.1) is 47.6 Å². The molecule has 0 saturated carbocycles. The van der Waals surface area contributed by atoms with Crippen LogP contribution in [0.2, 0.25) is 0 Å². The van der Waals surface area contributed by atoms with Crippen molar-refractivity contribution in [2.45, 2.75) is 14.7 Å². The molecule has 8 rings (SSSR count). The number of hydrogen-bond acceptors (Lipinski definition) is 23. The third-order valence-electron chi connectivity index (χ3n) is 10.8. The maximum Gasteiger partial charge on any atom is 1.00 e. The van der Waals surface area contributed by atoms with Gasteiger partial charge in [0.15, 0.2) is 0 Å². The molecule has 77 heavy (non-hydrogen) atoms. The number of benzene rings is 8. The van der Waals surface area contributed by atoms with Gasteiger partial charge in [-0.3, -0.25) is 9.11 Å². The Kier molecular flexibility index (Phi) is 19.7. The second-order valence-electron chi connectivity index (χ2n) is 15.6. The maximum atomic E-state index is 14.0. The van der Waals surface area contributed by atoms with Crippen molar-refractivity contribution in [3.63, 3.8) is 0 Å². The van der Waals surface area contributed by atoms with Gasteiger partial charge in [-0.15, -0.1) is 35.8 Å². The molecule has 0 amide bonds. The minimum absolute atomic E-state index is 0. The Morgan fingerprint density at radius 1 is 0.442 bits per heavy atom. The van der Waals surface area contributed by atoms with Crippen molar-refractivity contribution < 1.29 is 147 Å². The topological polar surface area (TPSA) is 433 Å². The van der Waals surface area contributed by atoms with Gasteiger partial charge in [0.1, 0.15) is 59.8 Å². The van der Waals surface area contributed by atoms with Crippen LogP contribution in [0.1, 0.15) is 0 Å². The number of fused-ring (bicyclic) bond motifs is 2. The van der Waals surface area contributed by atoms with Gasteiger partial charge in [-0.1, -0.05) is 35.8 Å². The molecule has 8 aromatic rings. The predicted octanol–water partition coefficient (Wildman–Crippen LogP) is 0.224. The predicted molar refractivity (Wildman–Crippen MR) is 267 cm³/mol. The molecule has 0 saturated heterocycles. The van der Waals surface area contributed by atoms with Crippen molar-refractivity contribution in [1.82, 2.24) is 0 Å². The summed E-state index contributed by atoms with van der Waals surface area (Å²) in [5, 5.41) is 59.1. The van der Waals surface area contributed by atoms with Gasteiger partial charge >= 0.3 is 88.7 Å². The number of nitrogens with zero attached hydrogens (tertiary/aromatic N) is 8. The fraction of sp³-hybridized carbons (Fsp3) is 0.0435. The van der Waals surface area contributed by atoms with Gasteiger partial charge in [-0.05, 0) is 118 Å². The molecule has 0 unspecified atom stereocenters. The number of rotatable bonds is 14. The van der Waals surface area contributed by atoms with Crippen molar-refractivity contribution >= 4 is 120 Å². The number of ether oxygens (including phenoxy) is 2. The fourth-order valence-corrected chi connectivity index (χ4v) is 9.20. The fourth-order valence-electron chi connectivity index (χ4n) is 7.26. The first-order chi connectivity index (χ1) is 34.9. The smallest absolute Gasteiger partial charge is 0.871 e. The van der Waals surface area contributed by atoms with Gasteiger partial charge in [-0.25, -0.2) is 8.42 Å². The maximum absolute atomic E-state index is 14.0. The van der Waals surface area contributed by atoms with Crippen LogP contribution in [0.15, 0.2) is 171 Å². The van der Waals surface area contributed by atoms with Crippen LogP contribution in [0.5, 0.6) is 23.0 Å². The minimum atomic E-state index is -5.29. The molecule has 10 N–H and O–H groups in total. The quantitative estimate of drug-likeness (QED) is 0.0367. The number of hydrogen-bond donors (Lipinski definition) is 6.